The van der Waals surface area contributed by atoms with Crippen molar-refractivity contribution in [3.63, 3.8) is 0 Å². The number of likely N-dealkylation sites (N-methyl/N-ethyl adjacent to an activating group) is 1. The van der Waals surface area contributed by atoms with E-state index in [1.54, 1.807) is 37.3 Å². The van der Waals surface area contributed by atoms with Gasteiger partial charge in [0.25, 0.3) is 0 Å². The molecule has 0 saturated heterocycles. The van der Waals surface area contributed by atoms with Gasteiger partial charge < -0.3 is 24.6 Å². The summed E-state index contributed by atoms with van der Waals surface area (Å²) in [4.78, 5) is 12.3. The Hall–Kier alpha value is -1.79. The number of benzene rings is 1. The van der Waals surface area contributed by atoms with Gasteiger partial charge in [-0.2, -0.15) is 0 Å². The van der Waals surface area contributed by atoms with Gasteiger partial charge in [-0.1, -0.05) is 0 Å². The van der Waals surface area contributed by atoms with E-state index < -0.39 is 12.1 Å². The van der Waals surface area contributed by atoms with Gasteiger partial charge in [0.2, 0.25) is 0 Å². The molecule has 2 N–H and O–H groups in total. The van der Waals surface area contributed by atoms with Gasteiger partial charge in [-0.3, -0.25) is 4.79 Å². The maximum absolute atomic E-state index is 10.5. The van der Waals surface area contributed by atoms with Crippen molar-refractivity contribution in [3.05, 3.63) is 23.8 Å². The first kappa shape index (κ1) is 16.3. The van der Waals surface area contributed by atoms with Gasteiger partial charge in [0.15, 0.2) is 0 Å². The van der Waals surface area contributed by atoms with Gasteiger partial charge in [0.05, 0.1) is 26.7 Å². The molecule has 0 spiro atoms. The molecular weight excluding hydrogens is 262 g/mol. The molecule has 0 aliphatic heterocycles. The molecule has 6 nitrogen and oxygen atoms in total. The second-order valence-electron chi connectivity index (χ2n) is 4.53. The molecular formula is C14H21NO5. The Labute approximate surface area is 118 Å². The first-order chi connectivity index (χ1) is 9.47. The molecule has 0 aliphatic carbocycles. The number of aliphatic carboxylic acids is 1. The lowest BCUT2D eigenvalue weighted by Gasteiger charge is -2.21. The second kappa shape index (κ2) is 7.72. The molecule has 0 amide bonds. The van der Waals surface area contributed by atoms with E-state index >= 15 is 0 Å². The summed E-state index contributed by atoms with van der Waals surface area (Å²) < 4.78 is 10.3. The molecule has 20 heavy (non-hydrogen) atoms. The van der Waals surface area contributed by atoms with Gasteiger partial charge >= 0.3 is 5.97 Å². The summed E-state index contributed by atoms with van der Waals surface area (Å²) >= 11 is 0. The van der Waals surface area contributed by atoms with Crippen LogP contribution in [-0.2, 0) is 4.79 Å². The van der Waals surface area contributed by atoms with E-state index in [4.69, 9.17) is 14.6 Å². The molecule has 1 atom stereocenters. The summed E-state index contributed by atoms with van der Waals surface area (Å²) in [5.74, 6) is 0.350. The second-order valence-corrected chi connectivity index (χ2v) is 4.53. The fraction of sp³-hybridized carbons (Fsp3) is 0.500. The maximum Gasteiger partial charge on any atom is 0.304 e. The Morgan fingerprint density at radius 3 is 2.60 bits per heavy atom. The molecule has 1 rings (SSSR count). The van der Waals surface area contributed by atoms with Gasteiger partial charge in [0, 0.05) is 18.7 Å². The highest BCUT2D eigenvalue weighted by molar-refractivity contribution is 5.66. The minimum atomic E-state index is -0.856. The fourth-order valence-corrected chi connectivity index (χ4v) is 1.87. The number of nitrogens with zero attached hydrogens (tertiary/aromatic N) is 1. The smallest absolute Gasteiger partial charge is 0.304 e. The van der Waals surface area contributed by atoms with E-state index in [9.17, 15) is 9.90 Å². The van der Waals surface area contributed by atoms with E-state index in [2.05, 4.69) is 0 Å². The quantitative estimate of drug-likeness (QED) is 0.745. The van der Waals surface area contributed by atoms with Crippen molar-refractivity contribution < 1.29 is 24.5 Å². The van der Waals surface area contributed by atoms with Crippen molar-refractivity contribution in [2.45, 2.75) is 12.5 Å². The lowest BCUT2D eigenvalue weighted by Crippen LogP contribution is -2.27. The summed E-state index contributed by atoms with van der Waals surface area (Å²) in [7, 11) is 4.85. The van der Waals surface area contributed by atoms with E-state index in [0.717, 1.165) is 0 Å². The van der Waals surface area contributed by atoms with E-state index in [1.807, 2.05) is 0 Å². The summed E-state index contributed by atoms with van der Waals surface area (Å²) in [5.41, 5.74) is 0.619. The molecule has 0 radical (unpaired) electrons. The topological polar surface area (TPSA) is 79.2 Å². The number of hydrogen-bond donors (Lipinski definition) is 2. The molecule has 1 aromatic rings. The Balaban J connectivity index is 2.74. The molecule has 0 aromatic heterocycles. The van der Waals surface area contributed by atoms with Crippen molar-refractivity contribution in [2.75, 3.05) is 34.4 Å². The zero-order valence-electron chi connectivity index (χ0n) is 12.0. The van der Waals surface area contributed by atoms with Crippen LogP contribution in [-0.4, -0.2) is 55.4 Å². The van der Waals surface area contributed by atoms with Crippen molar-refractivity contribution in [1.29, 1.82) is 0 Å². The van der Waals surface area contributed by atoms with Crippen LogP contribution in [0.3, 0.4) is 0 Å². The van der Waals surface area contributed by atoms with Crippen LogP contribution in [0.5, 0.6) is 11.5 Å². The molecule has 1 unspecified atom stereocenters. The standard InChI is InChI=1S/C14H21NO5/c1-15(7-6-14(17)18)9-12(16)11-8-10(19-2)4-5-13(11)20-3/h4-5,8,12,16H,6-7,9H2,1-3H3,(H,17,18). The van der Waals surface area contributed by atoms with Gasteiger partial charge in [-0.15, -0.1) is 0 Å². The molecule has 0 aliphatic rings. The van der Waals surface area contributed by atoms with Gasteiger partial charge in [0.1, 0.15) is 11.5 Å². The zero-order valence-corrected chi connectivity index (χ0v) is 12.0. The fourth-order valence-electron chi connectivity index (χ4n) is 1.87. The number of carbonyl (C=O) groups is 1. The van der Waals surface area contributed by atoms with Crippen LogP contribution < -0.4 is 9.47 Å². The molecule has 1 aromatic carbocycles. The predicted octanol–water partition coefficient (Wildman–Crippen LogP) is 1.14. The van der Waals surface area contributed by atoms with Crippen LogP contribution in [0.25, 0.3) is 0 Å². The van der Waals surface area contributed by atoms with Gasteiger partial charge in [-0.05, 0) is 25.2 Å². The summed E-state index contributed by atoms with van der Waals surface area (Å²) in [5, 5.41) is 18.9. The summed E-state index contributed by atoms with van der Waals surface area (Å²) in [6, 6.07) is 5.20. The number of hydrogen-bond acceptors (Lipinski definition) is 5. The molecule has 0 heterocycles. The Bertz CT molecular complexity index is 449. The molecule has 0 saturated carbocycles. The Kier molecular flexibility index (Phi) is 6.27. The molecule has 0 bridgehead atoms. The number of methoxy groups -OCH3 is 2. The van der Waals surface area contributed by atoms with Crippen LogP contribution in [0.1, 0.15) is 18.1 Å². The predicted molar refractivity (Wildman–Crippen MR) is 74.3 cm³/mol. The van der Waals surface area contributed by atoms with Crippen molar-refractivity contribution in [2.24, 2.45) is 0 Å². The molecule has 0 fully saturated rings. The molecule has 112 valence electrons. The normalized spacial score (nSPS) is 12.2. The van der Waals surface area contributed by atoms with Gasteiger partial charge in [-0.25, -0.2) is 0 Å². The third-order valence-corrected chi connectivity index (χ3v) is 2.99. The van der Waals surface area contributed by atoms with Crippen LogP contribution in [0.4, 0.5) is 0 Å². The van der Waals surface area contributed by atoms with Crippen molar-refractivity contribution >= 4 is 5.97 Å². The summed E-state index contributed by atoms with van der Waals surface area (Å²) in [6.45, 7) is 0.690. The maximum atomic E-state index is 10.5. The molecule has 6 heteroatoms. The van der Waals surface area contributed by atoms with Crippen LogP contribution in [0.2, 0.25) is 0 Å². The summed E-state index contributed by atoms with van der Waals surface area (Å²) in [6.07, 6.45) is -0.739. The Morgan fingerprint density at radius 1 is 1.35 bits per heavy atom. The van der Waals surface area contributed by atoms with Crippen molar-refractivity contribution in [3.8, 4) is 11.5 Å². The van der Waals surface area contributed by atoms with Crippen LogP contribution in [0.15, 0.2) is 18.2 Å². The van der Waals surface area contributed by atoms with Crippen LogP contribution in [0, 0.1) is 0 Å². The number of aliphatic hydroxyl groups excluding tert-OH is 1. The third kappa shape index (κ3) is 4.71. The average molecular weight is 283 g/mol. The number of carboxylic acids is 1. The highest BCUT2D eigenvalue weighted by atomic mass is 16.5. The number of ether oxygens (including phenoxy) is 2. The highest BCUT2D eigenvalue weighted by Gasteiger charge is 2.16. The lowest BCUT2D eigenvalue weighted by atomic mass is 10.1. The van der Waals surface area contributed by atoms with E-state index in [-0.39, 0.29) is 6.42 Å². The lowest BCUT2D eigenvalue weighted by molar-refractivity contribution is -0.137. The van der Waals surface area contributed by atoms with Crippen LogP contribution >= 0.6 is 0 Å². The number of aliphatic hydroxyl groups is 1. The first-order valence-electron chi connectivity index (χ1n) is 6.28. The minimum Gasteiger partial charge on any atom is -0.497 e. The third-order valence-electron chi connectivity index (χ3n) is 2.99. The average Bonchev–Trinajstić information content (AvgIpc) is 2.44. The minimum absolute atomic E-state index is 0.0401. The number of rotatable bonds is 8. The van der Waals surface area contributed by atoms with E-state index in [1.165, 1.54) is 7.11 Å². The Morgan fingerprint density at radius 2 is 2.05 bits per heavy atom. The monoisotopic (exact) mass is 283 g/mol. The number of carboxylic acid groups (broad SMARTS) is 1. The largest absolute Gasteiger partial charge is 0.497 e. The van der Waals surface area contributed by atoms with E-state index in [0.29, 0.717) is 30.2 Å². The van der Waals surface area contributed by atoms with Crippen molar-refractivity contribution in [1.82, 2.24) is 4.90 Å². The SMILES string of the molecule is COc1ccc(OC)c(C(O)CN(C)CCC(=O)O)c1. The first-order valence-corrected chi connectivity index (χ1v) is 6.28. The highest BCUT2D eigenvalue weighted by Crippen LogP contribution is 2.29. The zero-order chi connectivity index (χ0) is 15.1.